The number of hydrogen-bond donors (Lipinski definition) is 1. The second-order valence-electron chi connectivity index (χ2n) is 7.24. The first-order chi connectivity index (χ1) is 12.8. The van der Waals surface area contributed by atoms with Crippen molar-refractivity contribution in [2.75, 3.05) is 13.1 Å². The zero-order valence-corrected chi connectivity index (χ0v) is 15.7. The van der Waals surface area contributed by atoms with Crippen LogP contribution in [0.4, 0.5) is 0 Å². The third kappa shape index (κ3) is 3.91. The lowest BCUT2D eigenvalue weighted by atomic mass is 9.80. The summed E-state index contributed by atoms with van der Waals surface area (Å²) in [6, 6.07) is 2.90. The summed E-state index contributed by atoms with van der Waals surface area (Å²) in [6.45, 7) is 4.75. The molecule has 0 bridgehead atoms. The van der Waals surface area contributed by atoms with Crippen LogP contribution < -0.4 is 10.9 Å². The molecule has 1 N–H and O–H groups in total. The minimum Gasteiger partial charge on any atom is -0.350 e. The molecule has 1 atom stereocenters. The lowest BCUT2D eigenvalue weighted by molar-refractivity contribution is -0.132. The minimum absolute atomic E-state index is 0.136. The van der Waals surface area contributed by atoms with Crippen LogP contribution in [0, 0.1) is 12.3 Å². The second-order valence-corrected chi connectivity index (χ2v) is 7.24. The van der Waals surface area contributed by atoms with Crippen LogP contribution in [0.1, 0.15) is 41.5 Å². The Hall–Kier alpha value is -2.97. The van der Waals surface area contributed by atoms with E-state index in [9.17, 15) is 14.4 Å². The molecule has 1 saturated heterocycles. The van der Waals surface area contributed by atoms with Gasteiger partial charge in [-0.15, -0.1) is 0 Å². The van der Waals surface area contributed by atoms with E-state index in [-0.39, 0.29) is 23.9 Å². The molecule has 1 aliphatic heterocycles. The van der Waals surface area contributed by atoms with Gasteiger partial charge >= 0.3 is 0 Å². The molecule has 1 aliphatic rings. The molecule has 0 aromatic carbocycles. The first-order valence-corrected chi connectivity index (χ1v) is 8.82. The van der Waals surface area contributed by atoms with Crippen molar-refractivity contribution in [3.05, 3.63) is 45.6 Å². The Morgan fingerprint density at radius 2 is 2.11 bits per heavy atom. The molecule has 27 heavy (non-hydrogen) atoms. The highest BCUT2D eigenvalue weighted by Crippen LogP contribution is 2.30. The summed E-state index contributed by atoms with van der Waals surface area (Å²) in [7, 11) is 1.60. The molecular formula is C18H23N5O4. The standard InChI is InChI=1S/C18H23N5O4/c1-12-14(21-27-20-12)9-19-17(26)18(2)7-4-8-23(11-18)16(25)13-5-6-15(24)22(3)10-13/h5-6,10H,4,7-9,11H2,1-3H3,(H,19,26). The fourth-order valence-corrected chi connectivity index (χ4v) is 3.29. The van der Waals surface area contributed by atoms with E-state index in [1.54, 1.807) is 18.9 Å². The quantitative estimate of drug-likeness (QED) is 0.842. The summed E-state index contributed by atoms with van der Waals surface area (Å²) in [5.74, 6) is -0.316. The van der Waals surface area contributed by atoms with Gasteiger partial charge in [0.05, 0.1) is 17.5 Å². The molecule has 2 aromatic heterocycles. The van der Waals surface area contributed by atoms with Gasteiger partial charge in [-0.1, -0.05) is 10.3 Å². The number of carbonyl (C=O) groups is 2. The van der Waals surface area contributed by atoms with Gasteiger partial charge in [0, 0.05) is 32.4 Å². The number of aromatic nitrogens is 3. The monoisotopic (exact) mass is 373 g/mol. The van der Waals surface area contributed by atoms with Gasteiger partial charge < -0.3 is 14.8 Å². The van der Waals surface area contributed by atoms with Gasteiger partial charge in [-0.2, -0.15) is 0 Å². The highest BCUT2D eigenvalue weighted by atomic mass is 16.6. The van der Waals surface area contributed by atoms with Crippen molar-refractivity contribution in [3.63, 3.8) is 0 Å². The Kier molecular flexibility index (Phi) is 5.11. The average Bonchev–Trinajstić information content (AvgIpc) is 3.06. The zero-order chi connectivity index (χ0) is 19.6. The predicted molar refractivity (Wildman–Crippen MR) is 95.8 cm³/mol. The molecule has 3 rings (SSSR count). The van der Waals surface area contributed by atoms with Crippen molar-refractivity contribution in [2.24, 2.45) is 12.5 Å². The molecule has 0 radical (unpaired) electrons. The Morgan fingerprint density at radius 1 is 1.33 bits per heavy atom. The molecule has 0 spiro atoms. The first-order valence-electron chi connectivity index (χ1n) is 8.82. The number of rotatable bonds is 4. The van der Waals surface area contributed by atoms with Crippen molar-refractivity contribution in [1.82, 2.24) is 25.1 Å². The number of aryl methyl sites for hydroxylation is 2. The summed E-state index contributed by atoms with van der Waals surface area (Å²) in [5.41, 5.74) is 0.786. The normalized spacial score (nSPS) is 19.7. The molecule has 144 valence electrons. The van der Waals surface area contributed by atoms with E-state index in [0.717, 1.165) is 6.42 Å². The number of pyridine rings is 1. The zero-order valence-electron chi connectivity index (χ0n) is 15.7. The van der Waals surface area contributed by atoms with E-state index >= 15 is 0 Å². The van der Waals surface area contributed by atoms with Crippen LogP contribution in [0.25, 0.3) is 0 Å². The average molecular weight is 373 g/mol. The van der Waals surface area contributed by atoms with E-state index < -0.39 is 5.41 Å². The molecule has 2 aromatic rings. The first kappa shape index (κ1) is 18.8. The molecular weight excluding hydrogens is 350 g/mol. The fraction of sp³-hybridized carbons (Fsp3) is 0.500. The van der Waals surface area contributed by atoms with E-state index in [4.69, 9.17) is 0 Å². The van der Waals surface area contributed by atoms with Gasteiger partial charge in [0.25, 0.3) is 5.91 Å². The lowest BCUT2D eigenvalue weighted by Crippen LogP contribution is -2.51. The number of likely N-dealkylation sites (tertiary alicyclic amines) is 1. The number of hydrogen-bond acceptors (Lipinski definition) is 6. The number of carbonyl (C=O) groups excluding carboxylic acids is 2. The van der Waals surface area contributed by atoms with Gasteiger partial charge in [0.15, 0.2) is 0 Å². The summed E-state index contributed by atoms with van der Waals surface area (Å²) in [6.07, 6.45) is 2.94. The highest BCUT2D eigenvalue weighted by molar-refractivity contribution is 5.94. The summed E-state index contributed by atoms with van der Waals surface area (Å²) in [4.78, 5) is 38.8. The van der Waals surface area contributed by atoms with Gasteiger partial charge in [-0.25, -0.2) is 4.63 Å². The predicted octanol–water partition coefficient (Wildman–Crippen LogP) is 0.635. The van der Waals surface area contributed by atoms with E-state index in [2.05, 4.69) is 20.3 Å². The number of nitrogens with one attached hydrogen (secondary N) is 1. The Bertz CT molecular complexity index is 918. The highest BCUT2D eigenvalue weighted by Gasteiger charge is 2.39. The third-order valence-electron chi connectivity index (χ3n) is 5.03. The van der Waals surface area contributed by atoms with Gasteiger partial charge in [-0.05, 0) is 32.8 Å². The molecule has 3 heterocycles. The molecule has 0 aliphatic carbocycles. The van der Waals surface area contributed by atoms with Gasteiger partial charge in [-0.3, -0.25) is 14.4 Å². The maximum absolute atomic E-state index is 12.8. The van der Waals surface area contributed by atoms with Crippen LogP contribution >= 0.6 is 0 Å². The number of amides is 2. The van der Waals surface area contributed by atoms with Crippen molar-refractivity contribution >= 4 is 11.8 Å². The third-order valence-corrected chi connectivity index (χ3v) is 5.03. The van der Waals surface area contributed by atoms with Crippen LogP contribution in [0.3, 0.4) is 0 Å². The summed E-state index contributed by atoms with van der Waals surface area (Å²) in [5, 5.41) is 10.3. The molecule has 9 heteroatoms. The molecule has 2 amide bonds. The summed E-state index contributed by atoms with van der Waals surface area (Å²) < 4.78 is 6.01. The maximum Gasteiger partial charge on any atom is 0.255 e. The van der Waals surface area contributed by atoms with Crippen molar-refractivity contribution < 1.29 is 14.2 Å². The van der Waals surface area contributed by atoms with Crippen molar-refractivity contribution in [1.29, 1.82) is 0 Å². The van der Waals surface area contributed by atoms with Crippen molar-refractivity contribution in [2.45, 2.75) is 33.2 Å². The van der Waals surface area contributed by atoms with Crippen LogP contribution in [-0.2, 0) is 18.4 Å². The Balaban J connectivity index is 1.69. The van der Waals surface area contributed by atoms with Crippen LogP contribution in [0.15, 0.2) is 27.8 Å². The van der Waals surface area contributed by atoms with E-state index in [0.29, 0.717) is 36.5 Å². The fourth-order valence-electron chi connectivity index (χ4n) is 3.29. The van der Waals surface area contributed by atoms with Crippen LogP contribution in [-0.4, -0.2) is 44.7 Å². The number of piperidine rings is 1. The molecule has 1 unspecified atom stereocenters. The molecule has 0 saturated carbocycles. The number of nitrogens with zero attached hydrogens (tertiary/aromatic N) is 4. The van der Waals surface area contributed by atoms with E-state index in [1.165, 1.54) is 22.9 Å². The van der Waals surface area contributed by atoms with Crippen LogP contribution in [0.2, 0.25) is 0 Å². The lowest BCUT2D eigenvalue weighted by Gasteiger charge is -2.39. The minimum atomic E-state index is -0.695. The van der Waals surface area contributed by atoms with Crippen LogP contribution in [0.5, 0.6) is 0 Å². The Labute approximate surface area is 156 Å². The maximum atomic E-state index is 12.8. The largest absolute Gasteiger partial charge is 0.350 e. The topological polar surface area (TPSA) is 110 Å². The molecule has 9 nitrogen and oxygen atoms in total. The Morgan fingerprint density at radius 3 is 2.78 bits per heavy atom. The van der Waals surface area contributed by atoms with Gasteiger partial charge in [0.1, 0.15) is 11.4 Å². The van der Waals surface area contributed by atoms with Crippen molar-refractivity contribution in [3.8, 4) is 0 Å². The van der Waals surface area contributed by atoms with E-state index in [1.807, 2.05) is 6.92 Å². The van der Waals surface area contributed by atoms with Gasteiger partial charge in [0.2, 0.25) is 11.5 Å². The SMILES string of the molecule is Cc1nonc1CNC(=O)C1(C)CCCN(C(=O)c2ccc(=O)n(C)c2)C1. The molecule has 1 fully saturated rings. The smallest absolute Gasteiger partial charge is 0.255 e. The summed E-state index contributed by atoms with van der Waals surface area (Å²) >= 11 is 0. The second kappa shape index (κ2) is 7.34.